The summed E-state index contributed by atoms with van der Waals surface area (Å²) in [4.78, 5) is 0. The molecular formula is C25H20BF4FeO2P-. The fourth-order valence-electron chi connectivity index (χ4n) is 2.50. The van der Waals surface area contributed by atoms with Gasteiger partial charge in [-0.25, -0.2) is 0 Å². The summed E-state index contributed by atoms with van der Waals surface area (Å²) >= 11 is 0. The van der Waals surface area contributed by atoms with E-state index in [1.54, 1.807) is 0 Å². The smallest absolute Gasteiger partial charge is 0 e. The van der Waals surface area contributed by atoms with Gasteiger partial charge in [0.15, 0.2) is 0 Å². The van der Waals surface area contributed by atoms with Gasteiger partial charge in [-0.15, -0.1) is 0 Å². The molecule has 0 aromatic heterocycles. The van der Waals surface area contributed by atoms with Gasteiger partial charge in [-0.1, -0.05) is 91.0 Å². The van der Waals surface area contributed by atoms with E-state index in [2.05, 4.69) is 104 Å². The molecule has 0 unspecified atom stereocenters. The van der Waals surface area contributed by atoms with E-state index in [4.69, 9.17) is 9.30 Å². The number of hydrogen-bond acceptors (Lipinski definition) is 0. The van der Waals surface area contributed by atoms with Crippen LogP contribution in [0, 0.1) is 45.4 Å². The Morgan fingerprint density at radius 3 is 0.824 bits per heavy atom. The van der Waals surface area contributed by atoms with E-state index in [0.29, 0.717) is 0 Å². The molecule has 0 spiro atoms. The quantitative estimate of drug-likeness (QED) is 0.139. The van der Waals surface area contributed by atoms with Crippen LogP contribution in [-0.4, -0.2) is 7.25 Å². The third-order valence-corrected chi connectivity index (χ3v) is 6.04. The molecule has 4 rings (SSSR count). The van der Waals surface area contributed by atoms with Gasteiger partial charge in [-0.2, -0.15) is 0 Å². The van der Waals surface area contributed by atoms with Crippen molar-refractivity contribution in [1.82, 2.24) is 0 Å². The molecule has 3 aromatic carbocycles. The van der Waals surface area contributed by atoms with Gasteiger partial charge in [-0.05, 0) is 55.9 Å². The van der Waals surface area contributed by atoms with Gasteiger partial charge in [0.25, 0.3) is 0 Å². The third-order valence-electron chi connectivity index (χ3n) is 3.60. The Morgan fingerprint density at radius 1 is 0.471 bits per heavy atom. The Balaban J connectivity index is 0. The first-order valence-electron chi connectivity index (χ1n) is 9.35. The SMILES string of the molecule is F[B-](F)(F)F.[C-]#[O+].[C-]#[O+].[CH]1[CH][CH][CH][CH]1.[Fe].c1ccc(P(c2ccccc2)c2ccccc2)cc1. The first-order chi connectivity index (χ1) is 15.9. The number of halogens is 4. The van der Waals surface area contributed by atoms with Gasteiger partial charge in [0.05, 0.1) is 0 Å². The molecule has 0 atom stereocenters. The minimum Gasteiger partial charge on any atom is -0.0622 e. The Labute approximate surface area is 210 Å². The van der Waals surface area contributed by atoms with Crippen LogP contribution in [-0.2, 0) is 26.4 Å². The maximum absolute atomic E-state index is 9.75. The molecule has 9 heteroatoms. The summed E-state index contributed by atoms with van der Waals surface area (Å²) in [6.45, 7) is 9.00. The molecule has 177 valence electrons. The van der Waals surface area contributed by atoms with Crippen molar-refractivity contribution in [3.05, 3.63) is 136 Å². The molecule has 0 bridgehead atoms. The topological polar surface area (TPSA) is 39.8 Å². The van der Waals surface area contributed by atoms with E-state index in [1.807, 2.05) is 32.1 Å². The summed E-state index contributed by atoms with van der Waals surface area (Å²) in [6.07, 6.45) is 10.0. The standard InChI is InChI=1S/C18H15P.C5H5.2CO.BF4.Fe/c1-4-10-16(11-5-1)19(17-12-6-2-7-13-17)18-14-8-3-9-15-18;1-2-4-5-3-1;2*1-2;2-1(3,4)5;/h1-15H;1-5H;;;;/q;;;;-1;. The number of hydrogen-bond donors (Lipinski definition) is 0. The molecule has 1 aliphatic carbocycles. The average Bonchev–Trinajstić information content (AvgIpc) is 3.44. The molecule has 0 aliphatic heterocycles. The predicted molar refractivity (Wildman–Crippen MR) is 125 cm³/mol. The summed E-state index contributed by atoms with van der Waals surface area (Å²) in [5, 5.41) is 4.19. The number of benzene rings is 3. The van der Waals surface area contributed by atoms with Crippen molar-refractivity contribution in [2.75, 3.05) is 0 Å². The van der Waals surface area contributed by atoms with Crippen LogP contribution in [0.4, 0.5) is 17.3 Å². The Morgan fingerprint density at radius 2 is 0.647 bits per heavy atom. The van der Waals surface area contributed by atoms with E-state index in [9.17, 15) is 17.3 Å². The van der Waals surface area contributed by atoms with Crippen molar-refractivity contribution in [3.8, 4) is 0 Å². The molecule has 3 aromatic rings. The van der Waals surface area contributed by atoms with Gasteiger partial charge < -0.3 is 17.3 Å². The van der Waals surface area contributed by atoms with Gasteiger partial charge in [-0.3, -0.25) is 0 Å². The van der Waals surface area contributed by atoms with Gasteiger partial charge in [0, 0.05) is 17.1 Å². The van der Waals surface area contributed by atoms with E-state index < -0.39 is 15.2 Å². The van der Waals surface area contributed by atoms with Crippen molar-refractivity contribution in [3.63, 3.8) is 0 Å². The molecule has 1 saturated carbocycles. The fourth-order valence-corrected chi connectivity index (χ4v) is 4.80. The second kappa shape index (κ2) is 21.4. The Bertz CT molecular complexity index is 778. The molecule has 1 aliphatic rings. The van der Waals surface area contributed by atoms with Crippen LogP contribution in [0.25, 0.3) is 0 Å². The average molecular weight is 526 g/mol. The summed E-state index contributed by atoms with van der Waals surface area (Å²) in [5.74, 6) is 0. The zero-order valence-electron chi connectivity index (χ0n) is 17.8. The molecule has 5 radical (unpaired) electrons. The summed E-state index contributed by atoms with van der Waals surface area (Å²) in [5.41, 5.74) is 0. The monoisotopic (exact) mass is 526 g/mol. The zero-order chi connectivity index (χ0) is 25.0. The van der Waals surface area contributed by atoms with E-state index in [-0.39, 0.29) is 17.1 Å². The van der Waals surface area contributed by atoms with Crippen molar-refractivity contribution in [1.29, 1.82) is 0 Å². The predicted octanol–water partition coefficient (Wildman–Crippen LogP) is 5.69. The molecule has 34 heavy (non-hydrogen) atoms. The van der Waals surface area contributed by atoms with Crippen LogP contribution in [0.2, 0.25) is 0 Å². The summed E-state index contributed by atoms with van der Waals surface area (Å²) in [7, 11) is -6.45. The van der Waals surface area contributed by atoms with Crippen LogP contribution >= 0.6 is 7.92 Å². The maximum Gasteiger partial charge on any atom is 0 e. The first-order valence-corrected chi connectivity index (χ1v) is 10.7. The molecular weight excluding hydrogens is 506 g/mol. The molecule has 0 saturated heterocycles. The molecule has 0 amide bonds. The van der Waals surface area contributed by atoms with E-state index >= 15 is 0 Å². The summed E-state index contributed by atoms with van der Waals surface area (Å²) in [6, 6.07) is 32.3. The van der Waals surface area contributed by atoms with Crippen LogP contribution < -0.4 is 15.9 Å². The molecule has 0 heterocycles. The van der Waals surface area contributed by atoms with Crippen molar-refractivity contribution >= 4 is 31.1 Å². The molecule has 2 nitrogen and oxygen atoms in total. The first kappa shape index (κ1) is 34.0. The number of rotatable bonds is 3. The van der Waals surface area contributed by atoms with Crippen LogP contribution in [0.5, 0.6) is 0 Å². The summed E-state index contributed by atoms with van der Waals surface area (Å²) < 4.78 is 54.0. The van der Waals surface area contributed by atoms with E-state index in [1.165, 1.54) is 15.9 Å². The maximum atomic E-state index is 9.75. The van der Waals surface area contributed by atoms with E-state index in [0.717, 1.165) is 0 Å². The molecule has 1 fully saturated rings. The largest absolute Gasteiger partial charge is 0.0622 e. The zero-order valence-corrected chi connectivity index (χ0v) is 19.8. The second-order valence-electron chi connectivity index (χ2n) is 5.80. The van der Waals surface area contributed by atoms with Gasteiger partial charge >= 0.3 is 29.9 Å². The van der Waals surface area contributed by atoms with Crippen LogP contribution in [0.15, 0.2) is 91.0 Å². The van der Waals surface area contributed by atoms with Gasteiger partial charge in [0.1, 0.15) is 0 Å². The van der Waals surface area contributed by atoms with Crippen LogP contribution in [0.1, 0.15) is 0 Å². The third kappa shape index (κ3) is 16.5. The normalized spacial score (nSPS) is 11.3. The minimum atomic E-state index is -6.00. The second-order valence-corrected chi connectivity index (χ2v) is 8.02. The van der Waals surface area contributed by atoms with Crippen molar-refractivity contribution in [2.24, 2.45) is 0 Å². The minimum absolute atomic E-state index is 0. The molecule has 0 N–H and O–H groups in total. The van der Waals surface area contributed by atoms with Gasteiger partial charge in [0.2, 0.25) is 0 Å². The van der Waals surface area contributed by atoms with Crippen molar-refractivity contribution in [2.45, 2.75) is 0 Å². The fraction of sp³-hybridized carbons (Fsp3) is 0. The Hall–Kier alpha value is -2.13. The Kier molecular flexibility index (Phi) is 21.4. The van der Waals surface area contributed by atoms with Crippen molar-refractivity contribution < 1.29 is 43.6 Å². The van der Waals surface area contributed by atoms with Crippen LogP contribution in [0.3, 0.4) is 0 Å².